The zero-order valence-electron chi connectivity index (χ0n) is 18.6. The molecule has 0 radical (unpaired) electrons. The summed E-state index contributed by atoms with van der Waals surface area (Å²) in [6, 6.07) is 17.5. The fourth-order valence-corrected chi connectivity index (χ4v) is 4.65. The standard InChI is InChI=1S/C26H22FN3O4/c1-15-11-13-16(14-12-15)24(31)30-23-21(22(28-30)17-7-3-4-8-18(17)27)25(32)29(26(23)33)19-9-5-6-10-20(19)34-2/h3-14,21-23,28H,1-2H3/t21-,22-,23+/m1/s1. The van der Waals surface area contributed by atoms with Gasteiger partial charge in [-0.3, -0.25) is 19.4 Å². The number of hydrogen-bond donors (Lipinski definition) is 1. The number of halogens is 1. The van der Waals surface area contributed by atoms with E-state index in [0.717, 1.165) is 10.5 Å². The van der Waals surface area contributed by atoms with Gasteiger partial charge in [0, 0.05) is 11.1 Å². The third-order valence-electron chi connectivity index (χ3n) is 6.32. The van der Waals surface area contributed by atoms with Crippen LogP contribution >= 0.6 is 0 Å². The Morgan fingerprint density at radius 3 is 2.32 bits per heavy atom. The fraction of sp³-hybridized carbons (Fsp3) is 0.192. The number of nitrogens with one attached hydrogen (secondary N) is 1. The number of carbonyl (C=O) groups excluding carboxylic acids is 3. The molecular weight excluding hydrogens is 437 g/mol. The summed E-state index contributed by atoms with van der Waals surface area (Å²) in [6.45, 7) is 1.90. The molecule has 0 unspecified atom stereocenters. The van der Waals surface area contributed by atoms with Gasteiger partial charge in [-0.05, 0) is 37.3 Å². The van der Waals surface area contributed by atoms with E-state index in [4.69, 9.17) is 4.74 Å². The molecule has 0 aliphatic carbocycles. The van der Waals surface area contributed by atoms with E-state index in [9.17, 15) is 18.8 Å². The van der Waals surface area contributed by atoms with Crippen LogP contribution in [-0.4, -0.2) is 35.9 Å². The van der Waals surface area contributed by atoms with Gasteiger partial charge < -0.3 is 4.74 Å². The van der Waals surface area contributed by atoms with Crippen molar-refractivity contribution in [2.75, 3.05) is 12.0 Å². The second-order valence-electron chi connectivity index (χ2n) is 8.32. The van der Waals surface area contributed by atoms with Gasteiger partial charge in [0.25, 0.3) is 11.8 Å². The van der Waals surface area contributed by atoms with Crippen molar-refractivity contribution in [3.63, 3.8) is 0 Å². The van der Waals surface area contributed by atoms with E-state index in [0.29, 0.717) is 11.3 Å². The second-order valence-corrected chi connectivity index (χ2v) is 8.32. The average molecular weight is 459 g/mol. The molecule has 172 valence electrons. The molecule has 8 heteroatoms. The molecule has 2 heterocycles. The van der Waals surface area contributed by atoms with Gasteiger partial charge in [-0.2, -0.15) is 0 Å². The summed E-state index contributed by atoms with van der Waals surface area (Å²) in [4.78, 5) is 41.8. The first kappa shape index (κ1) is 21.8. The van der Waals surface area contributed by atoms with E-state index < -0.39 is 41.5 Å². The van der Waals surface area contributed by atoms with Gasteiger partial charge in [-0.25, -0.2) is 14.7 Å². The summed E-state index contributed by atoms with van der Waals surface area (Å²) in [5.41, 5.74) is 4.78. The summed E-state index contributed by atoms with van der Waals surface area (Å²) >= 11 is 0. The molecule has 2 fully saturated rings. The maximum absolute atomic E-state index is 14.8. The van der Waals surface area contributed by atoms with E-state index >= 15 is 0 Å². The molecule has 3 aromatic rings. The number of amides is 3. The van der Waals surface area contributed by atoms with Crippen LogP contribution in [-0.2, 0) is 9.59 Å². The van der Waals surface area contributed by atoms with Gasteiger partial charge in [0.1, 0.15) is 17.6 Å². The lowest BCUT2D eigenvalue weighted by Crippen LogP contribution is -2.48. The minimum Gasteiger partial charge on any atom is -0.495 e. The molecule has 34 heavy (non-hydrogen) atoms. The topological polar surface area (TPSA) is 79.0 Å². The number of anilines is 1. The lowest BCUT2D eigenvalue weighted by atomic mass is 9.90. The predicted molar refractivity (Wildman–Crippen MR) is 122 cm³/mol. The molecule has 0 aromatic heterocycles. The first-order chi connectivity index (χ1) is 16.4. The van der Waals surface area contributed by atoms with E-state index in [2.05, 4.69) is 5.43 Å². The molecule has 0 spiro atoms. The van der Waals surface area contributed by atoms with Crippen LogP contribution in [0.2, 0.25) is 0 Å². The summed E-state index contributed by atoms with van der Waals surface area (Å²) in [5, 5.41) is 1.17. The first-order valence-electron chi connectivity index (χ1n) is 10.8. The number of nitrogens with zero attached hydrogens (tertiary/aromatic N) is 2. The average Bonchev–Trinajstić information content (AvgIpc) is 3.36. The van der Waals surface area contributed by atoms with Crippen LogP contribution in [0, 0.1) is 18.7 Å². The minimum atomic E-state index is -1.14. The van der Waals surface area contributed by atoms with Crippen molar-refractivity contribution in [3.05, 3.63) is 95.3 Å². The Bertz CT molecular complexity index is 1290. The van der Waals surface area contributed by atoms with Crippen LogP contribution in [0.25, 0.3) is 0 Å². The smallest absolute Gasteiger partial charge is 0.268 e. The van der Waals surface area contributed by atoms with E-state index in [-0.39, 0.29) is 11.3 Å². The van der Waals surface area contributed by atoms with Gasteiger partial charge in [-0.15, -0.1) is 0 Å². The third-order valence-corrected chi connectivity index (χ3v) is 6.32. The molecule has 3 aromatic carbocycles. The third kappa shape index (κ3) is 3.34. The van der Waals surface area contributed by atoms with Crippen LogP contribution < -0.4 is 15.1 Å². The number of benzene rings is 3. The van der Waals surface area contributed by atoms with Gasteiger partial charge >= 0.3 is 0 Å². The number of aryl methyl sites for hydroxylation is 1. The Morgan fingerprint density at radius 1 is 0.941 bits per heavy atom. The maximum Gasteiger partial charge on any atom is 0.268 e. The Kier molecular flexibility index (Phi) is 5.37. The highest BCUT2D eigenvalue weighted by Gasteiger charge is 2.61. The largest absolute Gasteiger partial charge is 0.495 e. The highest BCUT2D eigenvalue weighted by molar-refractivity contribution is 6.25. The molecule has 2 aliphatic rings. The van der Waals surface area contributed by atoms with Crippen molar-refractivity contribution < 1.29 is 23.5 Å². The molecule has 7 nitrogen and oxygen atoms in total. The van der Waals surface area contributed by atoms with Crippen molar-refractivity contribution in [1.29, 1.82) is 0 Å². The van der Waals surface area contributed by atoms with Crippen LogP contribution in [0.4, 0.5) is 10.1 Å². The normalized spacial score (nSPS) is 21.7. The maximum atomic E-state index is 14.8. The van der Waals surface area contributed by atoms with E-state index in [1.54, 1.807) is 66.7 Å². The quantitative estimate of drug-likeness (QED) is 0.605. The molecule has 1 N–H and O–H groups in total. The Labute approximate surface area is 195 Å². The van der Waals surface area contributed by atoms with Gasteiger partial charge in [0.15, 0.2) is 0 Å². The second kappa shape index (κ2) is 8.39. The number of methoxy groups -OCH3 is 1. The number of para-hydroxylation sites is 2. The van der Waals surface area contributed by atoms with E-state index in [1.165, 1.54) is 18.2 Å². The summed E-state index contributed by atoms with van der Waals surface area (Å²) in [6.07, 6.45) is 0. The monoisotopic (exact) mass is 459 g/mol. The molecular formula is C26H22FN3O4. The highest BCUT2D eigenvalue weighted by atomic mass is 19.1. The minimum absolute atomic E-state index is 0.208. The molecule has 2 saturated heterocycles. The van der Waals surface area contributed by atoms with E-state index in [1.807, 2.05) is 6.92 Å². The van der Waals surface area contributed by atoms with Crippen molar-refractivity contribution in [3.8, 4) is 5.75 Å². The Hall–Kier alpha value is -4.04. The van der Waals surface area contributed by atoms with Crippen molar-refractivity contribution in [1.82, 2.24) is 10.4 Å². The Morgan fingerprint density at radius 2 is 1.62 bits per heavy atom. The summed E-state index contributed by atoms with van der Waals surface area (Å²) < 4.78 is 20.1. The molecule has 2 aliphatic heterocycles. The number of hydrogen-bond acceptors (Lipinski definition) is 5. The predicted octanol–water partition coefficient (Wildman–Crippen LogP) is 3.40. The molecule has 3 atom stereocenters. The number of hydrazine groups is 1. The van der Waals surface area contributed by atoms with Gasteiger partial charge in [0.2, 0.25) is 5.91 Å². The molecule has 0 bridgehead atoms. The first-order valence-corrected chi connectivity index (χ1v) is 10.8. The SMILES string of the molecule is COc1ccccc1N1C(=O)[C@@H]2[C@@H](c3ccccc3F)NN(C(=O)c3ccc(C)cc3)[C@@H]2C1=O. The zero-order valence-corrected chi connectivity index (χ0v) is 18.6. The van der Waals surface area contributed by atoms with Crippen LogP contribution in [0.5, 0.6) is 5.75 Å². The number of carbonyl (C=O) groups is 3. The van der Waals surface area contributed by atoms with Gasteiger partial charge in [-0.1, -0.05) is 48.0 Å². The summed E-state index contributed by atoms with van der Waals surface area (Å²) in [7, 11) is 1.45. The lowest BCUT2D eigenvalue weighted by molar-refractivity contribution is -0.123. The molecule has 3 amide bonds. The fourth-order valence-electron chi connectivity index (χ4n) is 4.65. The van der Waals surface area contributed by atoms with Crippen molar-refractivity contribution >= 4 is 23.4 Å². The van der Waals surface area contributed by atoms with Crippen LogP contribution in [0.3, 0.4) is 0 Å². The molecule has 5 rings (SSSR count). The van der Waals surface area contributed by atoms with Crippen LogP contribution in [0.1, 0.15) is 27.5 Å². The zero-order chi connectivity index (χ0) is 24.0. The number of ether oxygens (including phenoxy) is 1. The highest BCUT2D eigenvalue weighted by Crippen LogP contribution is 2.44. The number of imide groups is 1. The van der Waals surface area contributed by atoms with Crippen molar-refractivity contribution in [2.24, 2.45) is 5.92 Å². The molecule has 0 saturated carbocycles. The number of fused-ring (bicyclic) bond motifs is 1. The number of rotatable bonds is 4. The van der Waals surface area contributed by atoms with Gasteiger partial charge in [0.05, 0.1) is 24.8 Å². The summed E-state index contributed by atoms with van der Waals surface area (Å²) in [5.74, 6) is -2.78. The van der Waals surface area contributed by atoms with Crippen LogP contribution in [0.15, 0.2) is 72.8 Å². The van der Waals surface area contributed by atoms with Crippen molar-refractivity contribution in [2.45, 2.75) is 19.0 Å². The lowest BCUT2D eigenvalue weighted by Gasteiger charge is -2.26. The Balaban J connectivity index is 1.61.